The standard InChI is InChI=1S/C24H31N3O4/c1-16-7-8-19(27-11-9-26(3)10-12-27)15-20(16)24(28)25-17(2)18-13-21(29-4)23(31-6)22(14-18)30-5/h7-9,11,13-15,17H,10,12H2,1-6H3,(H,25,28)/t17-/m1/s1. The van der Waals surface area contributed by atoms with Crippen LogP contribution in [0.1, 0.15) is 34.5 Å². The summed E-state index contributed by atoms with van der Waals surface area (Å²) in [7, 11) is 6.76. The lowest BCUT2D eigenvalue weighted by Crippen LogP contribution is -2.32. The van der Waals surface area contributed by atoms with E-state index < -0.39 is 0 Å². The summed E-state index contributed by atoms with van der Waals surface area (Å²) in [6.07, 6.45) is 4.07. The number of ether oxygens (including phenoxy) is 3. The Morgan fingerprint density at radius 3 is 2.23 bits per heavy atom. The molecule has 0 spiro atoms. The predicted octanol–water partition coefficient (Wildman–Crippen LogP) is 3.73. The largest absolute Gasteiger partial charge is 0.493 e. The van der Waals surface area contributed by atoms with Crippen molar-refractivity contribution in [2.45, 2.75) is 19.9 Å². The molecule has 0 bridgehead atoms. The number of aryl methyl sites for hydroxylation is 1. The van der Waals surface area contributed by atoms with Gasteiger partial charge in [-0.25, -0.2) is 0 Å². The van der Waals surface area contributed by atoms with Gasteiger partial charge in [0.25, 0.3) is 5.91 Å². The normalized spacial score (nSPS) is 14.3. The van der Waals surface area contributed by atoms with Gasteiger partial charge in [0.15, 0.2) is 11.5 Å². The predicted molar refractivity (Wildman–Crippen MR) is 122 cm³/mol. The highest BCUT2D eigenvalue weighted by Gasteiger charge is 2.20. The lowest BCUT2D eigenvalue weighted by molar-refractivity contribution is 0.0939. The zero-order valence-electron chi connectivity index (χ0n) is 19.1. The van der Waals surface area contributed by atoms with Crippen molar-refractivity contribution in [1.29, 1.82) is 0 Å². The summed E-state index contributed by atoms with van der Waals surface area (Å²) in [6.45, 7) is 5.69. The zero-order valence-corrected chi connectivity index (χ0v) is 19.1. The van der Waals surface area contributed by atoms with Gasteiger partial charge in [-0.2, -0.15) is 0 Å². The van der Waals surface area contributed by atoms with Crippen molar-refractivity contribution >= 4 is 11.6 Å². The quantitative estimate of drug-likeness (QED) is 0.729. The fourth-order valence-corrected chi connectivity index (χ4v) is 3.57. The van der Waals surface area contributed by atoms with Gasteiger partial charge in [-0.1, -0.05) is 6.07 Å². The van der Waals surface area contributed by atoms with E-state index in [9.17, 15) is 4.79 Å². The van der Waals surface area contributed by atoms with Crippen molar-refractivity contribution < 1.29 is 19.0 Å². The van der Waals surface area contributed by atoms with E-state index in [1.165, 1.54) is 0 Å². The van der Waals surface area contributed by atoms with Crippen molar-refractivity contribution in [1.82, 2.24) is 10.2 Å². The first-order chi connectivity index (χ1) is 14.9. The number of carbonyl (C=O) groups excluding carboxylic acids is 1. The SMILES string of the molecule is COc1cc([C@@H](C)NC(=O)c2cc(N3C=CN(C)CC3)ccc2C)cc(OC)c1OC. The summed E-state index contributed by atoms with van der Waals surface area (Å²) in [5.41, 5.74) is 3.44. The Hall–Kier alpha value is -3.35. The van der Waals surface area contributed by atoms with E-state index in [0.717, 1.165) is 29.9 Å². The second-order valence-electron chi connectivity index (χ2n) is 7.63. The van der Waals surface area contributed by atoms with Crippen molar-refractivity contribution in [3.05, 3.63) is 59.4 Å². The van der Waals surface area contributed by atoms with Crippen LogP contribution in [0.15, 0.2) is 42.7 Å². The molecular formula is C24H31N3O4. The highest BCUT2D eigenvalue weighted by molar-refractivity contribution is 5.97. The molecule has 1 N–H and O–H groups in total. The van der Waals surface area contributed by atoms with E-state index in [0.29, 0.717) is 22.8 Å². The van der Waals surface area contributed by atoms with Crippen molar-refractivity contribution in [3.63, 3.8) is 0 Å². The van der Waals surface area contributed by atoms with Gasteiger partial charge in [-0.3, -0.25) is 4.79 Å². The van der Waals surface area contributed by atoms with E-state index in [1.807, 2.05) is 63.6 Å². The van der Waals surface area contributed by atoms with Crippen molar-refractivity contribution in [2.75, 3.05) is 46.4 Å². The Bertz CT molecular complexity index is 948. The van der Waals surface area contributed by atoms with E-state index in [1.54, 1.807) is 21.3 Å². The second-order valence-corrected chi connectivity index (χ2v) is 7.63. The van der Waals surface area contributed by atoms with E-state index in [-0.39, 0.29) is 11.9 Å². The number of hydrogen-bond acceptors (Lipinski definition) is 6. The minimum absolute atomic E-state index is 0.126. The van der Waals surface area contributed by atoms with Gasteiger partial charge in [0.05, 0.1) is 27.4 Å². The number of nitrogens with one attached hydrogen (secondary N) is 1. The van der Waals surface area contributed by atoms with Crippen LogP contribution in [0.5, 0.6) is 17.2 Å². The zero-order chi connectivity index (χ0) is 22.5. The van der Waals surface area contributed by atoms with Gasteiger partial charge < -0.3 is 29.3 Å². The molecule has 1 aliphatic rings. The molecule has 7 heteroatoms. The molecule has 0 saturated carbocycles. The number of hydrogen-bond donors (Lipinski definition) is 1. The average Bonchev–Trinajstić information content (AvgIpc) is 2.78. The molecule has 3 rings (SSSR count). The molecule has 1 amide bonds. The van der Waals surface area contributed by atoms with Gasteiger partial charge in [-0.05, 0) is 49.2 Å². The minimum atomic E-state index is -0.257. The maximum atomic E-state index is 13.1. The Morgan fingerprint density at radius 2 is 1.68 bits per heavy atom. The Labute approximate surface area is 184 Å². The molecule has 2 aromatic rings. The lowest BCUT2D eigenvalue weighted by Gasteiger charge is -2.29. The van der Waals surface area contributed by atoms with Crippen LogP contribution < -0.4 is 24.4 Å². The third-order valence-electron chi connectivity index (χ3n) is 5.53. The minimum Gasteiger partial charge on any atom is -0.493 e. The molecule has 0 radical (unpaired) electrons. The van der Waals surface area contributed by atoms with Crippen molar-refractivity contribution in [2.24, 2.45) is 0 Å². The molecule has 0 unspecified atom stereocenters. The number of anilines is 1. The van der Waals surface area contributed by atoms with Gasteiger partial charge in [0, 0.05) is 43.8 Å². The molecule has 2 aromatic carbocycles. The molecule has 1 atom stereocenters. The van der Waals surface area contributed by atoms with Crippen LogP contribution in [-0.2, 0) is 0 Å². The number of carbonyl (C=O) groups is 1. The third-order valence-corrected chi connectivity index (χ3v) is 5.53. The number of amides is 1. The number of nitrogens with zero attached hydrogens (tertiary/aromatic N) is 2. The molecule has 31 heavy (non-hydrogen) atoms. The molecule has 7 nitrogen and oxygen atoms in total. The van der Waals surface area contributed by atoms with Gasteiger partial charge >= 0.3 is 0 Å². The highest BCUT2D eigenvalue weighted by Crippen LogP contribution is 2.39. The third kappa shape index (κ3) is 4.87. The lowest BCUT2D eigenvalue weighted by atomic mass is 10.0. The molecule has 0 aliphatic carbocycles. The van der Waals surface area contributed by atoms with Crippen LogP contribution in [0.4, 0.5) is 5.69 Å². The molecule has 0 fully saturated rings. The first-order valence-electron chi connectivity index (χ1n) is 10.2. The molecule has 166 valence electrons. The van der Waals surface area contributed by atoms with E-state index in [4.69, 9.17) is 14.2 Å². The van der Waals surface area contributed by atoms with Gasteiger partial charge in [0.2, 0.25) is 5.75 Å². The smallest absolute Gasteiger partial charge is 0.252 e. The van der Waals surface area contributed by atoms with Gasteiger partial charge in [0.1, 0.15) is 0 Å². The van der Waals surface area contributed by atoms with E-state index >= 15 is 0 Å². The summed E-state index contributed by atoms with van der Waals surface area (Å²) in [5, 5.41) is 3.09. The van der Waals surface area contributed by atoms with Crippen LogP contribution in [0.3, 0.4) is 0 Å². The first-order valence-corrected chi connectivity index (χ1v) is 10.2. The highest BCUT2D eigenvalue weighted by atomic mass is 16.5. The number of rotatable bonds is 7. The molecule has 0 aromatic heterocycles. The molecule has 1 heterocycles. The monoisotopic (exact) mass is 425 g/mol. The van der Waals surface area contributed by atoms with Crippen LogP contribution in [0.25, 0.3) is 0 Å². The summed E-state index contributed by atoms with van der Waals surface area (Å²) < 4.78 is 16.3. The van der Waals surface area contributed by atoms with E-state index in [2.05, 4.69) is 15.1 Å². The van der Waals surface area contributed by atoms with Crippen LogP contribution in [-0.4, -0.2) is 52.3 Å². The van der Waals surface area contributed by atoms with Crippen LogP contribution >= 0.6 is 0 Å². The first kappa shape index (κ1) is 22.3. The van der Waals surface area contributed by atoms with Crippen LogP contribution in [0.2, 0.25) is 0 Å². The summed E-state index contributed by atoms with van der Waals surface area (Å²) in [4.78, 5) is 17.4. The molecule has 0 saturated heterocycles. The average molecular weight is 426 g/mol. The van der Waals surface area contributed by atoms with Crippen molar-refractivity contribution in [3.8, 4) is 17.2 Å². The maximum absolute atomic E-state index is 13.1. The molecular weight excluding hydrogens is 394 g/mol. The fraction of sp³-hybridized carbons (Fsp3) is 0.375. The Morgan fingerprint density at radius 1 is 1.00 bits per heavy atom. The maximum Gasteiger partial charge on any atom is 0.252 e. The second kappa shape index (κ2) is 9.64. The summed E-state index contributed by atoms with van der Waals surface area (Å²) in [5.74, 6) is 1.51. The Kier molecular flexibility index (Phi) is 6.95. The molecule has 1 aliphatic heterocycles. The fourth-order valence-electron chi connectivity index (χ4n) is 3.57. The van der Waals surface area contributed by atoms with Crippen LogP contribution in [0, 0.1) is 6.92 Å². The topological polar surface area (TPSA) is 63.3 Å². The number of likely N-dealkylation sites (N-methyl/N-ethyl adjacent to an activating group) is 1. The Balaban J connectivity index is 1.83. The van der Waals surface area contributed by atoms with Gasteiger partial charge in [-0.15, -0.1) is 0 Å². The number of methoxy groups -OCH3 is 3. The summed E-state index contributed by atoms with van der Waals surface area (Å²) in [6, 6.07) is 9.43. The summed E-state index contributed by atoms with van der Waals surface area (Å²) >= 11 is 0. The number of benzene rings is 2.